The molecule has 1 aliphatic rings. The van der Waals surface area contributed by atoms with Crippen LogP contribution in [-0.4, -0.2) is 46.0 Å². The largest absolute Gasteiger partial charge is 0.497 e. The van der Waals surface area contributed by atoms with Crippen molar-refractivity contribution >= 4 is 35.0 Å². The molecule has 0 unspecified atom stereocenters. The summed E-state index contributed by atoms with van der Waals surface area (Å²) in [5, 5.41) is 12.4. The molecule has 0 bridgehead atoms. The molecule has 1 saturated heterocycles. The van der Waals surface area contributed by atoms with Crippen LogP contribution in [0.15, 0.2) is 84.0 Å². The highest BCUT2D eigenvalue weighted by atomic mass is 32.2. The number of aromatic nitrogens is 3. The number of nitrogens with zero attached hydrogens (tertiary/aromatic N) is 4. The molecule has 1 fully saturated rings. The molecule has 2 heterocycles. The average molecular weight is 500 g/mol. The third-order valence-corrected chi connectivity index (χ3v) is 6.80. The molecule has 1 aliphatic heterocycles. The maximum Gasteiger partial charge on any atom is 0.234 e. The van der Waals surface area contributed by atoms with Gasteiger partial charge in [0.1, 0.15) is 5.75 Å². The van der Waals surface area contributed by atoms with Gasteiger partial charge in [-0.3, -0.25) is 14.2 Å². The van der Waals surface area contributed by atoms with Crippen LogP contribution in [0.2, 0.25) is 0 Å². The molecule has 0 radical (unpaired) electrons. The van der Waals surface area contributed by atoms with E-state index >= 15 is 0 Å². The first-order valence-electron chi connectivity index (χ1n) is 11.6. The van der Waals surface area contributed by atoms with Crippen LogP contribution in [0.1, 0.15) is 12.8 Å². The van der Waals surface area contributed by atoms with Crippen LogP contribution in [0.4, 0.5) is 11.4 Å². The Morgan fingerprint density at radius 2 is 1.75 bits per heavy atom. The van der Waals surface area contributed by atoms with E-state index in [1.165, 1.54) is 11.8 Å². The van der Waals surface area contributed by atoms with Gasteiger partial charge in [-0.2, -0.15) is 0 Å². The fourth-order valence-corrected chi connectivity index (χ4v) is 4.89. The summed E-state index contributed by atoms with van der Waals surface area (Å²) in [7, 11) is 1.63. The van der Waals surface area contributed by atoms with E-state index in [1.54, 1.807) is 12.0 Å². The third kappa shape index (κ3) is 4.96. The molecular weight excluding hydrogens is 474 g/mol. The van der Waals surface area contributed by atoms with Crippen LogP contribution >= 0.6 is 11.8 Å². The molecule has 36 heavy (non-hydrogen) atoms. The molecule has 3 aromatic carbocycles. The lowest BCUT2D eigenvalue weighted by Gasteiger charge is -2.19. The van der Waals surface area contributed by atoms with E-state index in [2.05, 4.69) is 15.5 Å². The molecule has 0 aliphatic carbocycles. The molecule has 9 heteroatoms. The lowest BCUT2D eigenvalue weighted by molar-refractivity contribution is -0.117. The zero-order chi connectivity index (χ0) is 24.9. The number of carbonyl (C=O) groups is 2. The minimum absolute atomic E-state index is 0.0769. The number of hydrogen-bond donors (Lipinski definition) is 1. The minimum atomic E-state index is -0.187. The quantitative estimate of drug-likeness (QED) is 0.350. The predicted molar refractivity (Wildman–Crippen MR) is 141 cm³/mol. The number of hydrogen-bond acceptors (Lipinski definition) is 6. The molecule has 1 aromatic heterocycles. The number of methoxy groups -OCH3 is 1. The van der Waals surface area contributed by atoms with Gasteiger partial charge in [0.2, 0.25) is 11.8 Å². The molecule has 0 saturated carbocycles. The Morgan fingerprint density at radius 1 is 1.00 bits per heavy atom. The van der Waals surface area contributed by atoms with E-state index in [1.807, 2.05) is 83.4 Å². The van der Waals surface area contributed by atoms with Gasteiger partial charge in [0.15, 0.2) is 11.0 Å². The first-order valence-corrected chi connectivity index (χ1v) is 12.6. The van der Waals surface area contributed by atoms with Crippen molar-refractivity contribution in [1.29, 1.82) is 0 Å². The molecule has 4 aromatic rings. The summed E-state index contributed by atoms with van der Waals surface area (Å²) in [6.45, 7) is 0.661. The number of anilines is 2. The molecular formula is C27H25N5O3S. The van der Waals surface area contributed by atoms with Gasteiger partial charge in [0.05, 0.1) is 24.2 Å². The second kappa shape index (κ2) is 10.7. The molecule has 1 N–H and O–H groups in total. The number of thioether (sulfide) groups is 1. The normalized spacial score (nSPS) is 13.1. The van der Waals surface area contributed by atoms with Gasteiger partial charge in [-0.25, -0.2) is 0 Å². The SMILES string of the molecule is COc1ccc(-c2nnc(SCC(=O)Nc3ccccc3N3CCCC3=O)n2-c2ccccc2)cc1. The van der Waals surface area contributed by atoms with E-state index < -0.39 is 0 Å². The van der Waals surface area contributed by atoms with E-state index in [9.17, 15) is 9.59 Å². The van der Waals surface area contributed by atoms with Crippen molar-refractivity contribution in [1.82, 2.24) is 14.8 Å². The summed E-state index contributed by atoms with van der Waals surface area (Å²) in [4.78, 5) is 26.9. The van der Waals surface area contributed by atoms with Crippen molar-refractivity contribution in [2.45, 2.75) is 18.0 Å². The number of rotatable bonds is 8. The van der Waals surface area contributed by atoms with Crippen LogP contribution in [0.5, 0.6) is 5.75 Å². The van der Waals surface area contributed by atoms with E-state index in [0.29, 0.717) is 29.6 Å². The Bertz CT molecular complexity index is 1370. The van der Waals surface area contributed by atoms with Crippen LogP contribution in [-0.2, 0) is 9.59 Å². The molecule has 0 atom stereocenters. The topological polar surface area (TPSA) is 89.3 Å². The van der Waals surface area contributed by atoms with Gasteiger partial charge in [0.25, 0.3) is 0 Å². The molecule has 0 spiro atoms. The standard InChI is InChI=1S/C27H25N5O3S/c1-35-21-15-13-19(14-16-21)26-29-30-27(32(26)20-8-3-2-4-9-20)36-18-24(33)28-22-10-5-6-11-23(22)31-17-7-12-25(31)34/h2-6,8-11,13-16H,7,12,17-18H2,1H3,(H,28,33). The van der Waals surface area contributed by atoms with Gasteiger partial charge < -0.3 is 15.0 Å². The zero-order valence-electron chi connectivity index (χ0n) is 19.8. The molecule has 182 valence electrons. The number of para-hydroxylation sites is 3. The lowest BCUT2D eigenvalue weighted by Crippen LogP contribution is -2.26. The van der Waals surface area contributed by atoms with E-state index in [0.717, 1.165) is 29.1 Å². The van der Waals surface area contributed by atoms with Crippen LogP contribution < -0.4 is 15.0 Å². The Balaban J connectivity index is 1.36. The smallest absolute Gasteiger partial charge is 0.234 e. The predicted octanol–water partition coefficient (Wildman–Crippen LogP) is 4.80. The fourth-order valence-electron chi connectivity index (χ4n) is 4.13. The van der Waals surface area contributed by atoms with Gasteiger partial charge in [-0.05, 0) is 55.0 Å². The molecule has 5 rings (SSSR count). The summed E-state index contributed by atoms with van der Waals surface area (Å²) in [5.74, 6) is 1.45. The Morgan fingerprint density at radius 3 is 2.47 bits per heavy atom. The summed E-state index contributed by atoms with van der Waals surface area (Å²) >= 11 is 1.30. The zero-order valence-corrected chi connectivity index (χ0v) is 20.6. The van der Waals surface area contributed by atoms with E-state index in [4.69, 9.17) is 4.74 Å². The average Bonchev–Trinajstić information content (AvgIpc) is 3.54. The maximum absolute atomic E-state index is 12.9. The number of nitrogens with one attached hydrogen (secondary N) is 1. The van der Waals surface area contributed by atoms with Crippen molar-refractivity contribution in [2.75, 3.05) is 29.6 Å². The maximum atomic E-state index is 12.9. The third-order valence-electron chi connectivity index (χ3n) is 5.87. The highest BCUT2D eigenvalue weighted by Gasteiger charge is 2.24. The fraction of sp³-hybridized carbons (Fsp3) is 0.185. The number of amides is 2. The first-order chi connectivity index (χ1) is 17.6. The summed E-state index contributed by atoms with van der Waals surface area (Å²) in [6.07, 6.45) is 1.35. The summed E-state index contributed by atoms with van der Waals surface area (Å²) in [5.41, 5.74) is 3.14. The van der Waals surface area contributed by atoms with E-state index in [-0.39, 0.29) is 17.6 Å². The van der Waals surface area contributed by atoms with Crippen molar-refractivity contribution in [3.05, 3.63) is 78.9 Å². The van der Waals surface area contributed by atoms with Crippen LogP contribution in [0.25, 0.3) is 17.1 Å². The highest BCUT2D eigenvalue weighted by molar-refractivity contribution is 7.99. The second-order valence-corrected chi connectivity index (χ2v) is 9.15. The Hall–Kier alpha value is -4.11. The van der Waals surface area contributed by atoms with Crippen molar-refractivity contribution in [2.24, 2.45) is 0 Å². The number of carbonyl (C=O) groups excluding carboxylic acids is 2. The molecule has 2 amide bonds. The lowest BCUT2D eigenvalue weighted by atomic mass is 10.2. The minimum Gasteiger partial charge on any atom is -0.497 e. The number of benzene rings is 3. The van der Waals surface area contributed by atoms with Gasteiger partial charge in [0, 0.05) is 24.2 Å². The van der Waals surface area contributed by atoms with Gasteiger partial charge >= 0.3 is 0 Å². The van der Waals surface area contributed by atoms with Gasteiger partial charge in [-0.15, -0.1) is 10.2 Å². The number of ether oxygens (including phenoxy) is 1. The van der Waals surface area contributed by atoms with Crippen molar-refractivity contribution in [3.8, 4) is 22.8 Å². The van der Waals surface area contributed by atoms with Crippen LogP contribution in [0, 0.1) is 0 Å². The summed E-state index contributed by atoms with van der Waals surface area (Å²) in [6, 6.07) is 24.8. The monoisotopic (exact) mass is 499 g/mol. The van der Waals surface area contributed by atoms with Crippen molar-refractivity contribution in [3.63, 3.8) is 0 Å². The highest BCUT2D eigenvalue weighted by Crippen LogP contribution is 2.31. The van der Waals surface area contributed by atoms with Crippen LogP contribution in [0.3, 0.4) is 0 Å². The Kier molecular flexibility index (Phi) is 6.99. The Labute approximate surface area is 213 Å². The van der Waals surface area contributed by atoms with Crippen molar-refractivity contribution < 1.29 is 14.3 Å². The van der Waals surface area contributed by atoms with Gasteiger partial charge in [-0.1, -0.05) is 42.1 Å². The molecule has 8 nitrogen and oxygen atoms in total. The first kappa shape index (κ1) is 23.6. The second-order valence-electron chi connectivity index (χ2n) is 8.21. The summed E-state index contributed by atoms with van der Waals surface area (Å²) < 4.78 is 7.21.